The summed E-state index contributed by atoms with van der Waals surface area (Å²) >= 11 is 0. The van der Waals surface area contributed by atoms with Crippen LogP contribution in [0.4, 0.5) is 0 Å². The average molecular weight is 322 g/mol. The zero-order chi connectivity index (χ0) is 16.5. The second kappa shape index (κ2) is 9.89. The maximum atomic E-state index is 6.11. The fourth-order valence-corrected chi connectivity index (χ4v) is 6.22. The van der Waals surface area contributed by atoms with Gasteiger partial charge in [-0.3, -0.25) is 0 Å². The predicted octanol–water partition coefficient (Wildman–Crippen LogP) is 0.748. The molecule has 0 radical (unpaired) electrons. The Hall–Kier alpha value is -0.0231. The van der Waals surface area contributed by atoms with Gasteiger partial charge in [-0.05, 0) is 55.8 Å². The van der Waals surface area contributed by atoms with E-state index < -0.39 is 14.0 Å². The molecule has 0 bridgehead atoms. The lowest BCUT2D eigenvalue weighted by molar-refractivity contribution is 0.0313. The second-order valence-corrected chi connectivity index (χ2v) is 8.17. The molecular weight excluding hydrogens is 286 g/mol. The molecule has 0 amide bonds. The summed E-state index contributed by atoms with van der Waals surface area (Å²) in [6, 6.07) is 0.310. The van der Waals surface area contributed by atoms with Crippen LogP contribution in [0.1, 0.15) is 34.6 Å². The molecule has 3 atom stereocenters. The van der Waals surface area contributed by atoms with Crippen molar-refractivity contribution in [2.75, 3.05) is 41.0 Å². The molecule has 0 aliphatic rings. The summed E-state index contributed by atoms with van der Waals surface area (Å²) in [5.74, 6) is 0. The number of hydrogen-bond acceptors (Lipinski definition) is 6. The van der Waals surface area contributed by atoms with Crippen molar-refractivity contribution >= 4 is 8.80 Å². The van der Waals surface area contributed by atoms with Crippen molar-refractivity contribution in [3.05, 3.63) is 0 Å². The number of likely N-dealkylation sites (N-methyl/N-ethyl adjacent to an activating group) is 3. The van der Waals surface area contributed by atoms with Crippen LogP contribution in [0.5, 0.6) is 0 Å². The molecule has 0 rings (SSSR count). The molecule has 7 heteroatoms. The van der Waals surface area contributed by atoms with E-state index >= 15 is 0 Å². The molecule has 0 spiro atoms. The molecule has 3 N–H and O–H groups in total. The van der Waals surface area contributed by atoms with E-state index in [0.29, 0.717) is 19.8 Å². The molecule has 21 heavy (non-hydrogen) atoms. The Morgan fingerprint density at radius 2 is 1.33 bits per heavy atom. The first-order chi connectivity index (χ1) is 9.92. The maximum absolute atomic E-state index is 6.11. The lowest BCUT2D eigenvalue weighted by Gasteiger charge is -2.48. The molecule has 3 unspecified atom stereocenters. The van der Waals surface area contributed by atoms with Gasteiger partial charge in [-0.2, -0.15) is 0 Å². The Morgan fingerprint density at radius 1 is 0.905 bits per heavy atom. The molecule has 0 aliphatic carbocycles. The van der Waals surface area contributed by atoms with Gasteiger partial charge in [0.15, 0.2) is 0 Å². The van der Waals surface area contributed by atoms with Crippen LogP contribution in [0.15, 0.2) is 0 Å². The van der Waals surface area contributed by atoms with Crippen molar-refractivity contribution in [1.82, 2.24) is 16.0 Å². The van der Waals surface area contributed by atoms with E-state index in [-0.39, 0.29) is 12.1 Å². The summed E-state index contributed by atoms with van der Waals surface area (Å²) in [5, 5.41) is 9.67. The number of hydrogen-bond donors (Lipinski definition) is 3. The molecule has 0 heterocycles. The Bertz CT molecular complexity index is 267. The van der Waals surface area contributed by atoms with Crippen LogP contribution in [-0.2, 0) is 13.3 Å². The Balaban J connectivity index is 5.80. The number of rotatable bonds is 12. The monoisotopic (exact) mass is 321 g/mol. The van der Waals surface area contributed by atoms with Crippen LogP contribution < -0.4 is 16.0 Å². The highest BCUT2D eigenvalue weighted by atomic mass is 28.4. The molecule has 0 aromatic rings. The lowest BCUT2D eigenvalue weighted by Crippen LogP contribution is -2.78. The van der Waals surface area contributed by atoms with Gasteiger partial charge in [-0.1, -0.05) is 0 Å². The topological polar surface area (TPSA) is 63.8 Å². The van der Waals surface area contributed by atoms with Crippen LogP contribution in [0.2, 0.25) is 0 Å². The first kappa shape index (κ1) is 21.0. The van der Waals surface area contributed by atoms with E-state index in [9.17, 15) is 0 Å². The fourth-order valence-electron chi connectivity index (χ4n) is 2.85. The SMILES string of the molecule is CCO[Si](OCC)(OCC)C(C)(NC)C(NC)C(C)NC. The molecule has 0 aliphatic heterocycles. The minimum absolute atomic E-state index is 0.0869. The van der Waals surface area contributed by atoms with Crippen molar-refractivity contribution in [3.8, 4) is 0 Å². The first-order valence-electron chi connectivity index (χ1n) is 7.88. The van der Waals surface area contributed by atoms with Gasteiger partial charge >= 0.3 is 8.80 Å². The van der Waals surface area contributed by atoms with Crippen LogP contribution in [0.3, 0.4) is 0 Å². The standard InChI is InChI=1S/C14H35N3O3Si/c1-9-18-21(19-10-2,20-11-3)14(5,17-8)13(16-7)12(4)15-6/h12-13,15-17H,9-11H2,1-8H3. The zero-order valence-corrected chi connectivity index (χ0v) is 16.0. The molecule has 128 valence electrons. The van der Waals surface area contributed by atoms with Gasteiger partial charge in [0.05, 0.1) is 0 Å². The van der Waals surface area contributed by atoms with Crippen LogP contribution >= 0.6 is 0 Å². The number of nitrogens with one attached hydrogen (secondary N) is 3. The summed E-state index contributed by atoms with van der Waals surface area (Å²) in [6.07, 6.45) is 0. The minimum atomic E-state index is -2.93. The van der Waals surface area contributed by atoms with Gasteiger partial charge in [0, 0.05) is 31.9 Å². The van der Waals surface area contributed by atoms with E-state index in [1.165, 1.54) is 0 Å². The van der Waals surface area contributed by atoms with Crippen molar-refractivity contribution in [1.29, 1.82) is 0 Å². The minimum Gasteiger partial charge on any atom is -0.373 e. The third-order valence-electron chi connectivity index (χ3n) is 4.05. The van der Waals surface area contributed by atoms with Crippen LogP contribution in [0.25, 0.3) is 0 Å². The third kappa shape index (κ3) is 4.48. The summed E-state index contributed by atoms with van der Waals surface area (Å²) in [6.45, 7) is 11.9. The van der Waals surface area contributed by atoms with Gasteiger partial charge in [-0.15, -0.1) is 0 Å². The molecule has 0 aromatic carbocycles. The van der Waals surface area contributed by atoms with E-state index in [1.807, 2.05) is 41.9 Å². The van der Waals surface area contributed by atoms with Gasteiger partial charge in [0.2, 0.25) is 0 Å². The first-order valence-corrected chi connectivity index (χ1v) is 9.60. The Morgan fingerprint density at radius 3 is 1.57 bits per heavy atom. The second-order valence-electron chi connectivity index (χ2n) is 5.15. The van der Waals surface area contributed by atoms with Gasteiger partial charge in [0.1, 0.15) is 5.16 Å². The van der Waals surface area contributed by atoms with Crippen molar-refractivity contribution in [3.63, 3.8) is 0 Å². The van der Waals surface area contributed by atoms with Crippen molar-refractivity contribution < 1.29 is 13.3 Å². The van der Waals surface area contributed by atoms with E-state index in [0.717, 1.165) is 0 Å². The molecule has 0 saturated heterocycles. The fraction of sp³-hybridized carbons (Fsp3) is 1.00. The highest BCUT2D eigenvalue weighted by Gasteiger charge is 2.62. The normalized spacial score (nSPS) is 18.3. The molecule has 6 nitrogen and oxygen atoms in total. The maximum Gasteiger partial charge on any atom is 0.523 e. The summed E-state index contributed by atoms with van der Waals surface area (Å²) in [4.78, 5) is 0. The molecule has 0 aromatic heterocycles. The zero-order valence-electron chi connectivity index (χ0n) is 15.0. The predicted molar refractivity (Wildman–Crippen MR) is 89.5 cm³/mol. The molecular formula is C14H35N3O3Si. The quantitative estimate of drug-likeness (QED) is 0.461. The van der Waals surface area contributed by atoms with E-state index in [1.54, 1.807) is 0 Å². The third-order valence-corrected chi connectivity index (χ3v) is 7.89. The van der Waals surface area contributed by atoms with Gasteiger partial charge < -0.3 is 29.2 Å². The lowest BCUT2D eigenvalue weighted by atomic mass is 10.0. The smallest absolute Gasteiger partial charge is 0.373 e. The van der Waals surface area contributed by atoms with Gasteiger partial charge in [-0.25, -0.2) is 0 Å². The molecule has 0 saturated carbocycles. The molecule has 0 fully saturated rings. The van der Waals surface area contributed by atoms with Gasteiger partial charge in [0.25, 0.3) is 0 Å². The van der Waals surface area contributed by atoms with Crippen molar-refractivity contribution in [2.45, 2.75) is 51.9 Å². The Kier molecular flexibility index (Phi) is 9.87. The Labute approximate surface area is 131 Å². The van der Waals surface area contributed by atoms with E-state index in [2.05, 4.69) is 29.8 Å². The highest BCUT2D eigenvalue weighted by Crippen LogP contribution is 2.29. The van der Waals surface area contributed by atoms with E-state index in [4.69, 9.17) is 13.3 Å². The average Bonchev–Trinajstić information content (AvgIpc) is 2.47. The van der Waals surface area contributed by atoms with Crippen LogP contribution in [-0.4, -0.2) is 67.0 Å². The largest absolute Gasteiger partial charge is 0.523 e. The summed E-state index contributed by atoms with van der Waals surface area (Å²) in [5.41, 5.74) is 0. The van der Waals surface area contributed by atoms with Crippen LogP contribution in [0, 0.1) is 0 Å². The summed E-state index contributed by atoms with van der Waals surface area (Å²) < 4.78 is 18.3. The highest BCUT2D eigenvalue weighted by molar-refractivity contribution is 6.64. The van der Waals surface area contributed by atoms with Crippen molar-refractivity contribution in [2.24, 2.45) is 0 Å². The summed E-state index contributed by atoms with van der Waals surface area (Å²) in [7, 11) is 2.92.